The molecule has 0 bridgehead atoms. The Morgan fingerprint density at radius 1 is 1.12 bits per heavy atom. The number of H-pyrrole nitrogens is 1. The molecule has 0 spiro atoms. The molecular weight excluding hydrogens is 450 g/mol. The minimum atomic E-state index is -3.66. The van der Waals surface area contributed by atoms with E-state index in [1.165, 1.54) is 0 Å². The highest BCUT2D eigenvalue weighted by atomic mass is 32.2. The molecule has 2 aromatic carbocycles. The lowest BCUT2D eigenvalue weighted by Crippen LogP contribution is -2.39. The Morgan fingerprint density at radius 3 is 2.68 bits per heavy atom. The number of sulfonamides is 1. The number of benzene rings is 2. The van der Waals surface area contributed by atoms with Crippen molar-refractivity contribution in [1.29, 1.82) is 0 Å². The molecule has 0 saturated carbocycles. The van der Waals surface area contributed by atoms with E-state index in [2.05, 4.69) is 19.6 Å². The summed E-state index contributed by atoms with van der Waals surface area (Å²) in [6, 6.07) is 14.4. The maximum atomic E-state index is 12.9. The van der Waals surface area contributed by atoms with Crippen LogP contribution in [0.15, 0.2) is 65.8 Å². The third-order valence-corrected chi connectivity index (χ3v) is 8.13. The molecule has 4 aromatic rings. The number of nitrogens with one attached hydrogen (secondary N) is 2. The molecule has 0 atom stereocenters. The minimum Gasteiger partial charge on any atom is -0.366 e. The van der Waals surface area contributed by atoms with E-state index in [1.807, 2.05) is 30.5 Å². The maximum Gasteiger partial charge on any atom is 0.249 e. The summed E-state index contributed by atoms with van der Waals surface area (Å²) in [6.45, 7) is 2.67. The summed E-state index contributed by atoms with van der Waals surface area (Å²) in [5.41, 5.74) is 8.68. The van der Waals surface area contributed by atoms with E-state index in [4.69, 9.17) is 5.73 Å². The second-order valence-electron chi connectivity index (χ2n) is 8.68. The van der Waals surface area contributed by atoms with Gasteiger partial charge in [-0.25, -0.2) is 13.1 Å². The largest absolute Gasteiger partial charge is 0.366 e. The van der Waals surface area contributed by atoms with E-state index in [1.54, 1.807) is 30.5 Å². The number of carbonyl (C=O) groups excluding carboxylic acids is 1. The first-order chi connectivity index (χ1) is 16.4. The molecule has 1 saturated heterocycles. The number of nitrogens with zero attached hydrogens (tertiary/aromatic N) is 2. The van der Waals surface area contributed by atoms with Crippen molar-refractivity contribution < 1.29 is 13.2 Å². The molecule has 0 radical (unpaired) electrons. The Bertz CT molecular complexity index is 1450. The maximum absolute atomic E-state index is 12.9. The molecule has 0 unspecified atom stereocenters. The topological polar surface area (TPSA) is 121 Å². The van der Waals surface area contributed by atoms with Crippen molar-refractivity contribution in [3.8, 4) is 0 Å². The SMILES string of the molecule is NC(=O)c1cccc2[nH]cc(C3CCN(CCNS(=O)(=O)c4cccc5cccnc45)CC3)c12. The fourth-order valence-corrected chi connectivity index (χ4v) is 6.11. The molecule has 4 N–H and O–H groups in total. The van der Waals surface area contributed by atoms with Gasteiger partial charge >= 0.3 is 0 Å². The van der Waals surface area contributed by atoms with E-state index < -0.39 is 15.9 Å². The van der Waals surface area contributed by atoms with Crippen LogP contribution < -0.4 is 10.5 Å². The highest BCUT2D eigenvalue weighted by molar-refractivity contribution is 7.89. The number of hydrogen-bond donors (Lipinski definition) is 3. The first kappa shape index (κ1) is 22.5. The highest BCUT2D eigenvalue weighted by Crippen LogP contribution is 2.34. The number of likely N-dealkylation sites (tertiary alicyclic amines) is 1. The van der Waals surface area contributed by atoms with E-state index in [0.29, 0.717) is 30.1 Å². The minimum absolute atomic E-state index is 0.203. The number of hydrogen-bond acceptors (Lipinski definition) is 5. The lowest BCUT2D eigenvalue weighted by molar-refractivity contribution is 0.100. The first-order valence-electron chi connectivity index (χ1n) is 11.4. The summed E-state index contributed by atoms with van der Waals surface area (Å²) in [5, 5.41) is 1.72. The monoisotopic (exact) mass is 477 g/mol. The number of carbonyl (C=O) groups is 1. The molecule has 3 heterocycles. The van der Waals surface area contributed by atoms with Gasteiger partial charge in [0.2, 0.25) is 15.9 Å². The van der Waals surface area contributed by atoms with Crippen molar-refractivity contribution in [2.75, 3.05) is 26.2 Å². The molecular formula is C25H27N5O3S. The Hall–Kier alpha value is -3.27. The summed E-state index contributed by atoms with van der Waals surface area (Å²) >= 11 is 0. The van der Waals surface area contributed by atoms with Crippen LogP contribution in [-0.4, -0.2) is 55.4 Å². The molecule has 1 amide bonds. The van der Waals surface area contributed by atoms with Crippen LogP contribution in [0.2, 0.25) is 0 Å². The number of nitrogens with two attached hydrogens (primary N) is 1. The summed E-state index contributed by atoms with van der Waals surface area (Å²) in [5.74, 6) is -0.0958. The van der Waals surface area contributed by atoms with Crippen LogP contribution in [0.25, 0.3) is 21.8 Å². The average molecular weight is 478 g/mol. The van der Waals surface area contributed by atoms with Crippen molar-refractivity contribution in [2.45, 2.75) is 23.7 Å². The van der Waals surface area contributed by atoms with Crippen LogP contribution in [0.1, 0.15) is 34.7 Å². The third-order valence-electron chi connectivity index (χ3n) is 6.63. The van der Waals surface area contributed by atoms with Gasteiger partial charge in [-0.3, -0.25) is 9.78 Å². The Balaban J connectivity index is 1.21. The lowest BCUT2D eigenvalue weighted by atomic mass is 9.88. The summed E-state index contributed by atoms with van der Waals surface area (Å²) in [6.07, 6.45) is 5.45. The normalized spacial score (nSPS) is 15.8. The Kier molecular flexibility index (Phi) is 6.07. The summed E-state index contributed by atoms with van der Waals surface area (Å²) in [7, 11) is -3.66. The molecule has 1 aliphatic rings. The fourth-order valence-electron chi connectivity index (χ4n) is 4.92. The second kappa shape index (κ2) is 9.17. The van der Waals surface area contributed by atoms with Crippen molar-refractivity contribution in [3.63, 3.8) is 0 Å². The predicted molar refractivity (Wildman–Crippen MR) is 132 cm³/mol. The van der Waals surface area contributed by atoms with Gasteiger partial charge in [0.05, 0.1) is 5.52 Å². The van der Waals surface area contributed by atoms with E-state index >= 15 is 0 Å². The van der Waals surface area contributed by atoms with Crippen molar-refractivity contribution >= 4 is 37.7 Å². The summed E-state index contributed by atoms with van der Waals surface area (Å²) < 4.78 is 28.5. The number of fused-ring (bicyclic) bond motifs is 2. The zero-order valence-electron chi connectivity index (χ0n) is 18.7. The van der Waals surface area contributed by atoms with Gasteiger partial charge in [-0.2, -0.15) is 0 Å². The summed E-state index contributed by atoms with van der Waals surface area (Å²) in [4.78, 5) is 21.9. The number of aromatic amines is 1. The van der Waals surface area contributed by atoms with Crippen molar-refractivity contribution in [2.24, 2.45) is 5.73 Å². The quantitative estimate of drug-likeness (QED) is 0.378. The highest BCUT2D eigenvalue weighted by Gasteiger charge is 2.25. The van der Waals surface area contributed by atoms with Crippen LogP contribution in [0.4, 0.5) is 0 Å². The Labute approximate surface area is 198 Å². The van der Waals surface area contributed by atoms with Gasteiger partial charge in [-0.1, -0.05) is 24.3 Å². The zero-order valence-corrected chi connectivity index (χ0v) is 19.5. The average Bonchev–Trinajstić information content (AvgIpc) is 3.28. The van der Waals surface area contributed by atoms with Gasteiger partial charge in [-0.15, -0.1) is 0 Å². The molecule has 1 fully saturated rings. The van der Waals surface area contributed by atoms with Gasteiger partial charge in [0.25, 0.3) is 0 Å². The molecule has 8 nitrogen and oxygen atoms in total. The van der Waals surface area contributed by atoms with Crippen molar-refractivity contribution in [1.82, 2.24) is 19.6 Å². The van der Waals surface area contributed by atoms with E-state index in [0.717, 1.165) is 47.8 Å². The van der Waals surface area contributed by atoms with Crippen molar-refractivity contribution in [3.05, 3.63) is 72.1 Å². The zero-order chi connectivity index (χ0) is 23.7. The molecule has 2 aromatic heterocycles. The smallest absolute Gasteiger partial charge is 0.249 e. The van der Waals surface area contributed by atoms with Gasteiger partial charge in [-0.05, 0) is 61.7 Å². The Morgan fingerprint density at radius 2 is 1.88 bits per heavy atom. The predicted octanol–water partition coefficient (Wildman–Crippen LogP) is 2.97. The number of primary amides is 1. The van der Waals surface area contributed by atoms with Crippen LogP contribution in [0.5, 0.6) is 0 Å². The molecule has 176 valence electrons. The standard InChI is InChI=1S/C25H27N5O3S/c26-25(31)19-6-2-7-21-23(19)20(16-28-21)17-9-13-30(14-10-17)15-12-29-34(32,33)22-8-1-4-18-5-3-11-27-24(18)22/h1-8,11,16-17,28-29H,9-10,12-15H2,(H2,26,31). The number of pyridine rings is 1. The number of para-hydroxylation sites is 1. The first-order valence-corrected chi connectivity index (χ1v) is 12.9. The van der Waals surface area contributed by atoms with Crippen LogP contribution >= 0.6 is 0 Å². The van der Waals surface area contributed by atoms with Gasteiger partial charge in [0.15, 0.2) is 0 Å². The molecule has 5 rings (SSSR count). The van der Waals surface area contributed by atoms with Crippen LogP contribution in [0, 0.1) is 0 Å². The van der Waals surface area contributed by atoms with Crippen LogP contribution in [-0.2, 0) is 10.0 Å². The fraction of sp³-hybridized carbons (Fsp3) is 0.280. The van der Waals surface area contributed by atoms with Gasteiger partial charge in [0.1, 0.15) is 4.90 Å². The number of piperidine rings is 1. The molecule has 9 heteroatoms. The van der Waals surface area contributed by atoms with Gasteiger partial charge in [0, 0.05) is 47.3 Å². The number of amides is 1. The number of aromatic nitrogens is 2. The molecule has 34 heavy (non-hydrogen) atoms. The van der Waals surface area contributed by atoms with Gasteiger partial charge < -0.3 is 15.6 Å². The van der Waals surface area contributed by atoms with Crippen LogP contribution in [0.3, 0.4) is 0 Å². The second-order valence-corrected chi connectivity index (χ2v) is 10.4. The number of rotatable bonds is 7. The van der Waals surface area contributed by atoms with E-state index in [9.17, 15) is 13.2 Å². The molecule has 0 aliphatic carbocycles. The van der Waals surface area contributed by atoms with E-state index in [-0.39, 0.29) is 4.90 Å². The third kappa shape index (κ3) is 4.29. The lowest BCUT2D eigenvalue weighted by Gasteiger charge is -2.32. The molecule has 1 aliphatic heterocycles.